The lowest BCUT2D eigenvalue weighted by molar-refractivity contribution is 0.475. The molecule has 0 saturated carbocycles. The fourth-order valence-electron chi connectivity index (χ4n) is 3.17. The van der Waals surface area contributed by atoms with Gasteiger partial charge in [0.2, 0.25) is 5.65 Å². The van der Waals surface area contributed by atoms with Crippen LogP contribution in [0.2, 0.25) is 0 Å². The number of nitrogens with zero attached hydrogens (tertiary/aromatic N) is 6. The first-order valence-corrected chi connectivity index (χ1v) is 10.5. The van der Waals surface area contributed by atoms with Gasteiger partial charge in [-0.2, -0.15) is 4.52 Å². The maximum Gasteiger partial charge on any atom is 0.317 e. The SMILES string of the molecule is O=[S+]([O-])(c1ccncc1)c1nnn2c1nc(NCc1ccncc1)c1ccccc12. The molecule has 1 atom stereocenters. The number of para-hydroxylation sites is 1. The van der Waals surface area contributed by atoms with E-state index < -0.39 is 10.2 Å². The Morgan fingerprint density at radius 2 is 1.67 bits per heavy atom. The summed E-state index contributed by atoms with van der Waals surface area (Å²) in [4.78, 5) is 12.6. The molecule has 5 aromatic rings. The highest BCUT2D eigenvalue weighted by Crippen LogP contribution is 2.30. The smallest absolute Gasteiger partial charge is 0.317 e. The van der Waals surface area contributed by atoms with Gasteiger partial charge in [-0.25, -0.2) is 4.98 Å². The van der Waals surface area contributed by atoms with Crippen molar-refractivity contribution in [1.82, 2.24) is 29.8 Å². The van der Waals surface area contributed by atoms with Gasteiger partial charge >= 0.3 is 5.03 Å². The van der Waals surface area contributed by atoms with Crippen LogP contribution < -0.4 is 5.32 Å². The standard InChI is InChI=1S/C20H15N7O2S/c28-30(29,15-7-11-22-12-8-15)20-19-24-18(23-13-14-5-9-21-10-6-14)16-3-1-2-4-17(16)27(19)26-25-20/h1-12H,13H2,(H-,23,24,28,29). The summed E-state index contributed by atoms with van der Waals surface area (Å²) in [6.45, 7) is 0.504. The fraction of sp³-hybridized carbons (Fsp3) is 0.0500. The van der Waals surface area contributed by atoms with Gasteiger partial charge in [0.1, 0.15) is 16.0 Å². The number of anilines is 1. The largest absolute Gasteiger partial charge is 0.604 e. The summed E-state index contributed by atoms with van der Waals surface area (Å²) in [7, 11) is -3.91. The van der Waals surface area contributed by atoms with Crippen LogP contribution in [0.5, 0.6) is 0 Å². The second-order valence-corrected chi connectivity index (χ2v) is 8.37. The van der Waals surface area contributed by atoms with E-state index in [2.05, 4.69) is 30.6 Å². The minimum Gasteiger partial charge on any atom is -0.604 e. The van der Waals surface area contributed by atoms with Crippen molar-refractivity contribution in [3.8, 4) is 0 Å². The van der Waals surface area contributed by atoms with Crippen LogP contribution in [0.3, 0.4) is 0 Å². The number of fused-ring (bicyclic) bond motifs is 3. The summed E-state index contributed by atoms with van der Waals surface area (Å²) in [5.41, 5.74) is 1.87. The summed E-state index contributed by atoms with van der Waals surface area (Å²) >= 11 is 0. The molecule has 0 aliphatic heterocycles. The highest BCUT2D eigenvalue weighted by atomic mass is 32.3. The van der Waals surface area contributed by atoms with Crippen molar-refractivity contribution in [2.45, 2.75) is 16.5 Å². The molecular weight excluding hydrogens is 402 g/mol. The summed E-state index contributed by atoms with van der Waals surface area (Å²) in [6.07, 6.45) is 6.27. The van der Waals surface area contributed by atoms with Gasteiger partial charge in [-0.3, -0.25) is 9.97 Å². The summed E-state index contributed by atoms with van der Waals surface area (Å²) in [6, 6.07) is 14.1. The number of benzene rings is 1. The van der Waals surface area contributed by atoms with Crippen LogP contribution >= 0.6 is 0 Å². The van der Waals surface area contributed by atoms with Crippen LogP contribution in [-0.4, -0.2) is 34.3 Å². The van der Waals surface area contributed by atoms with Crippen molar-refractivity contribution in [2.24, 2.45) is 0 Å². The predicted octanol–water partition coefficient (Wildman–Crippen LogP) is 2.73. The van der Waals surface area contributed by atoms with Gasteiger partial charge in [-0.15, -0.1) is 0 Å². The van der Waals surface area contributed by atoms with E-state index in [1.165, 1.54) is 29.0 Å². The molecule has 4 heterocycles. The van der Waals surface area contributed by atoms with E-state index in [9.17, 15) is 8.76 Å². The van der Waals surface area contributed by atoms with E-state index in [1.807, 2.05) is 36.4 Å². The lowest BCUT2D eigenvalue weighted by Crippen LogP contribution is -2.13. The molecule has 1 N–H and O–H groups in total. The molecule has 9 nitrogen and oxygen atoms in total. The first kappa shape index (κ1) is 18.3. The zero-order valence-electron chi connectivity index (χ0n) is 15.5. The van der Waals surface area contributed by atoms with Crippen molar-refractivity contribution in [1.29, 1.82) is 0 Å². The molecule has 5 rings (SSSR count). The minimum atomic E-state index is -3.91. The van der Waals surface area contributed by atoms with Gasteiger partial charge in [0.25, 0.3) is 0 Å². The van der Waals surface area contributed by atoms with Gasteiger partial charge in [0, 0.05) is 48.9 Å². The van der Waals surface area contributed by atoms with E-state index in [1.54, 1.807) is 12.4 Å². The molecule has 148 valence electrons. The number of nitrogens with one attached hydrogen (secondary N) is 1. The number of hydrogen-bond acceptors (Lipinski definition) is 8. The van der Waals surface area contributed by atoms with Gasteiger partial charge in [0.15, 0.2) is 4.90 Å². The van der Waals surface area contributed by atoms with E-state index in [0.717, 1.165) is 10.9 Å². The second-order valence-electron chi connectivity index (χ2n) is 6.50. The molecule has 0 bridgehead atoms. The average molecular weight is 417 g/mol. The molecule has 0 radical (unpaired) electrons. The van der Waals surface area contributed by atoms with Crippen LogP contribution in [0.4, 0.5) is 5.82 Å². The Morgan fingerprint density at radius 1 is 0.967 bits per heavy atom. The molecule has 0 aliphatic carbocycles. The average Bonchev–Trinajstić information content (AvgIpc) is 3.24. The Balaban J connectivity index is 1.67. The lowest BCUT2D eigenvalue weighted by Gasteiger charge is -2.12. The highest BCUT2D eigenvalue weighted by Gasteiger charge is 2.32. The topological polar surface area (TPSA) is 121 Å². The van der Waals surface area contributed by atoms with E-state index >= 15 is 0 Å². The lowest BCUT2D eigenvalue weighted by atomic mass is 10.2. The van der Waals surface area contributed by atoms with E-state index in [0.29, 0.717) is 17.9 Å². The quantitative estimate of drug-likeness (QED) is 0.433. The first-order valence-electron chi connectivity index (χ1n) is 9.06. The summed E-state index contributed by atoms with van der Waals surface area (Å²) in [5, 5.41) is 11.9. The number of aromatic nitrogens is 6. The van der Waals surface area contributed by atoms with Crippen LogP contribution in [0.15, 0.2) is 83.2 Å². The Hall–Kier alpha value is -3.76. The Morgan fingerprint density at radius 3 is 2.43 bits per heavy atom. The zero-order chi connectivity index (χ0) is 20.6. The van der Waals surface area contributed by atoms with E-state index in [-0.39, 0.29) is 15.6 Å². The molecular formula is C20H15N7O2S. The molecule has 0 amide bonds. The second kappa shape index (κ2) is 7.25. The summed E-state index contributed by atoms with van der Waals surface area (Å²) in [5.74, 6) is 0.545. The number of rotatable bonds is 5. The van der Waals surface area contributed by atoms with Crippen LogP contribution in [0.1, 0.15) is 5.56 Å². The fourth-order valence-corrected chi connectivity index (χ4v) is 4.39. The third-order valence-corrected chi connectivity index (χ3v) is 6.31. The van der Waals surface area contributed by atoms with Gasteiger partial charge in [-0.1, -0.05) is 26.7 Å². The molecule has 1 aromatic carbocycles. The third kappa shape index (κ3) is 3.08. The minimum absolute atomic E-state index is 0.0844. The highest BCUT2D eigenvalue weighted by molar-refractivity contribution is 7.97. The Labute approximate surface area is 172 Å². The number of sulfone groups is 1. The molecule has 0 aliphatic rings. The predicted molar refractivity (Wildman–Crippen MR) is 109 cm³/mol. The number of hydrogen-bond donors (Lipinski definition) is 1. The molecule has 0 spiro atoms. The van der Waals surface area contributed by atoms with Crippen LogP contribution in [0, 0.1) is 0 Å². The Bertz CT molecular complexity index is 1390. The summed E-state index contributed by atoms with van der Waals surface area (Å²) < 4.78 is 27.7. The van der Waals surface area contributed by atoms with Crippen LogP contribution in [0.25, 0.3) is 16.6 Å². The van der Waals surface area contributed by atoms with Crippen molar-refractivity contribution in [3.63, 3.8) is 0 Å². The monoisotopic (exact) mass is 417 g/mol. The van der Waals surface area contributed by atoms with E-state index in [4.69, 9.17) is 0 Å². The maximum absolute atomic E-state index is 13.1. The van der Waals surface area contributed by atoms with Gasteiger partial charge in [0.05, 0.1) is 5.52 Å². The van der Waals surface area contributed by atoms with Crippen molar-refractivity contribution >= 4 is 32.6 Å². The zero-order valence-corrected chi connectivity index (χ0v) is 16.4. The normalized spacial score (nSPS) is 13.4. The van der Waals surface area contributed by atoms with Crippen LogP contribution in [-0.2, 0) is 21.0 Å². The third-order valence-electron chi connectivity index (χ3n) is 4.65. The molecule has 30 heavy (non-hydrogen) atoms. The molecule has 0 fully saturated rings. The maximum atomic E-state index is 13.1. The van der Waals surface area contributed by atoms with Gasteiger partial charge < -0.3 is 9.87 Å². The van der Waals surface area contributed by atoms with Gasteiger partial charge in [-0.05, 0) is 29.8 Å². The van der Waals surface area contributed by atoms with Crippen molar-refractivity contribution in [2.75, 3.05) is 5.32 Å². The van der Waals surface area contributed by atoms with Crippen molar-refractivity contribution in [3.05, 3.63) is 78.9 Å². The Kier molecular flexibility index (Phi) is 4.42. The number of pyridine rings is 2. The molecule has 0 saturated heterocycles. The molecule has 10 heteroatoms. The molecule has 4 aromatic heterocycles. The van der Waals surface area contributed by atoms with Crippen molar-refractivity contribution < 1.29 is 8.76 Å². The molecule has 1 unspecified atom stereocenters. The first-order chi connectivity index (χ1) is 14.6.